The maximum atomic E-state index is 12.9. The van der Waals surface area contributed by atoms with Gasteiger partial charge in [0.15, 0.2) is 5.78 Å². The maximum absolute atomic E-state index is 12.9. The molecule has 1 aliphatic rings. The molecule has 1 amide bonds. The first-order valence-corrected chi connectivity index (χ1v) is 9.57. The molecule has 0 aliphatic carbocycles. The Labute approximate surface area is 166 Å². The van der Waals surface area contributed by atoms with Crippen LogP contribution in [0.1, 0.15) is 30.6 Å². The molecule has 1 aliphatic heterocycles. The molecule has 0 bridgehead atoms. The zero-order valence-electron chi connectivity index (χ0n) is 16.5. The number of Topliss-reactive ketones (excluding diaryl/α,β-unsaturated/α-hetero) is 1. The smallest absolute Gasteiger partial charge is 0.226 e. The van der Waals surface area contributed by atoms with Crippen LogP contribution in [-0.4, -0.2) is 50.9 Å². The Morgan fingerprint density at radius 1 is 1.18 bits per heavy atom. The van der Waals surface area contributed by atoms with E-state index in [9.17, 15) is 9.59 Å². The van der Waals surface area contributed by atoms with Gasteiger partial charge < -0.3 is 20.5 Å². The van der Waals surface area contributed by atoms with Crippen LogP contribution in [0.4, 0.5) is 5.69 Å². The molecule has 0 radical (unpaired) electrons. The van der Waals surface area contributed by atoms with Crippen molar-refractivity contribution in [3.05, 3.63) is 41.6 Å². The lowest BCUT2D eigenvalue weighted by atomic mass is 9.94. The minimum Gasteiger partial charge on any atom is -0.379 e. The normalized spacial score (nSPS) is 16.7. The third-order valence-corrected chi connectivity index (χ3v) is 4.30. The molecule has 152 valence electrons. The van der Waals surface area contributed by atoms with Crippen molar-refractivity contribution in [1.82, 2.24) is 0 Å². The van der Waals surface area contributed by atoms with Gasteiger partial charge in [-0.05, 0) is 19.1 Å². The summed E-state index contributed by atoms with van der Waals surface area (Å²) in [5, 5.41) is 2.81. The Hall–Kier alpha value is -2.35. The molecule has 7 heteroatoms. The first-order chi connectivity index (χ1) is 13.5. The van der Waals surface area contributed by atoms with Crippen molar-refractivity contribution in [2.45, 2.75) is 20.3 Å². The molecule has 1 heterocycles. The van der Waals surface area contributed by atoms with Gasteiger partial charge in [-0.15, -0.1) is 0 Å². The molecule has 3 N–H and O–H groups in total. The van der Waals surface area contributed by atoms with Gasteiger partial charge in [-0.2, -0.15) is 0 Å². The highest BCUT2D eigenvalue weighted by Gasteiger charge is 2.24. The molecule has 0 saturated heterocycles. The van der Waals surface area contributed by atoms with Crippen molar-refractivity contribution in [3.63, 3.8) is 0 Å². The number of hydrogen-bond acceptors (Lipinski definition) is 6. The number of allylic oxidation sites excluding steroid dienone is 2. The van der Waals surface area contributed by atoms with E-state index in [-0.39, 0.29) is 36.6 Å². The summed E-state index contributed by atoms with van der Waals surface area (Å²) in [7, 11) is 0. The SMILES string of the molecule is CC1C=NC(C(C)C(=O)c2ccccc2NC(=O)CCOCCOCCN)=C1. The fourth-order valence-corrected chi connectivity index (χ4v) is 2.77. The molecule has 1 aromatic rings. The van der Waals surface area contributed by atoms with E-state index in [0.717, 1.165) is 5.70 Å². The largest absolute Gasteiger partial charge is 0.379 e. The minimum atomic E-state index is -0.365. The van der Waals surface area contributed by atoms with Crippen LogP contribution in [0.5, 0.6) is 0 Å². The summed E-state index contributed by atoms with van der Waals surface area (Å²) >= 11 is 0. The fraction of sp³-hybridized carbons (Fsp3) is 0.476. The Bertz CT molecular complexity index is 730. The predicted octanol–water partition coefficient (Wildman–Crippen LogP) is 2.43. The van der Waals surface area contributed by atoms with Crippen LogP contribution in [-0.2, 0) is 14.3 Å². The quantitative estimate of drug-likeness (QED) is 0.423. The van der Waals surface area contributed by atoms with Crippen molar-refractivity contribution in [2.24, 2.45) is 22.6 Å². The Kier molecular flexibility index (Phi) is 9.00. The summed E-state index contributed by atoms with van der Waals surface area (Å²) in [5.74, 6) is -0.402. The second-order valence-electron chi connectivity index (χ2n) is 6.67. The van der Waals surface area contributed by atoms with E-state index >= 15 is 0 Å². The molecule has 2 rings (SSSR count). The average Bonchev–Trinajstić information content (AvgIpc) is 3.13. The maximum Gasteiger partial charge on any atom is 0.226 e. The second kappa shape index (κ2) is 11.5. The lowest BCUT2D eigenvalue weighted by Crippen LogP contribution is -2.19. The van der Waals surface area contributed by atoms with Crippen LogP contribution in [0.15, 0.2) is 41.0 Å². The molecule has 2 atom stereocenters. The number of nitrogens with two attached hydrogens (primary N) is 1. The molecular weight excluding hydrogens is 358 g/mol. The van der Waals surface area contributed by atoms with Crippen LogP contribution in [0.2, 0.25) is 0 Å². The number of hydrogen-bond donors (Lipinski definition) is 2. The van der Waals surface area contributed by atoms with E-state index in [0.29, 0.717) is 37.6 Å². The number of ether oxygens (including phenoxy) is 2. The zero-order chi connectivity index (χ0) is 20.4. The Balaban J connectivity index is 1.87. The molecule has 2 unspecified atom stereocenters. The number of nitrogens with zero attached hydrogens (tertiary/aromatic N) is 1. The highest BCUT2D eigenvalue weighted by Crippen LogP contribution is 2.26. The molecule has 0 spiro atoms. The third kappa shape index (κ3) is 6.67. The van der Waals surface area contributed by atoms with Gasteiger partial charge >= 0.3 is 0 Å². The van der Waals surface area contributed by atoms with Crippen LogP contribution < -0.4 is 11.1 Å². The average molecular weight is 387 g/mol. The van der Waals surface area contributed by atoms with Gasteiger partial charge in [0.1, 0.15) is 0 Å². The summed E-state index contributed by atoms with van der Waals surface area (Å²) < 4.78 is 10.6. The van der Waals surface area contributed by atoms with E-state index in [1.807, 2.05) is 26.1 Å². The lowest BCUT2D eigenvalue weighted by Gasteiger charge is -2.14. The third-order valence-electron chi connectivity index (χ3n) is 4.30. The number of carbonyl (C=O) groups is 2. The van der Waals surface area contributed by atoms with E-state index < -0.39 is 0 Å². The molecule has 28 heavy (non-hydrogen) atoms. The number of para-hydroxylation sites is 1. The van der Waals surface area contributed by atoms with Crippen molar-refractivity contribution < 1.29 is 19.1 Å². The van der Waals surface area contributed by atoms with Crippen molar-refractivity contribution in [3.8, 4) is 0 Å². The van der Waals surface area contributed by atoms with E-state index in [4.69, 9.17) is 15.2 Å². The van der Waals surface area contributed by atoms with Gasteiger partial charge in [0.2, 0.25) is 5.91 Å². The van der Waals surface area contributed by atoms with Crippen molar-refractivity contribution >= 4 is 23.6 Å². The number of nitrogens with one attached hydrogen (secondary N) is 1. The van der Waals surface area contributed by atoms with Gasteiger partial charge in [-0.3, -0.25) is 14.6 Å². The number of rotatable bonds is 12. The van der Waals surface area contributed by atoms with Crippen molar-refractivity contribution in [2.75, 3.05) is 38.3 Å². The fourth-order valence-electron chi connectivity index (χ4n) is 2.77. The summed E-state index contributed by atoms with van der Waals surface area (Å²) in [6.07, 6.45) is 4.01. The van der Waals surface area contributed by atoms with E-state index in [1.165, 1.54) is 0 Å². The number of benzene rings is 1. The first kappa shape index (κ1) is 21.9. The monoisotopic (exact) mass is 387 g/mol. The molecule has 0 saturated carbocycles. The highest BCUT2D eigenvalue weighted by atomic mass is 16.5. The molecule has 0 aromatic heterocycles. The van der Waals surface area contributed by atoms with Crippen molar-refractivity contribution in [1.29, 1.82) is 0 Å². The van der Waals surface area contributed by atoms with Gasteiger partial charge in [-0.25, -0.2) is 0 Å². The Morgan fingerprint density at radius 3 is 2.57 bits per heavy atom. The molecular formula is C21H29N3O4. The Morgan fingerprint density at radius 2 is 1.89 bits per heavy atom. The number of carbonyl (C=O) groups excluding carboxylic acids is 2. The minimum absolute atomic E-state index is 0.0679. The van der Waals surface area contributed by atoms with Gasteiger partial charge in [0, 0.05) is 29.9 Å². The second-order valence-corrected chi connectivity index (χ2v) is 6.67. The molecule has 0 fully saturated rings. The number of anilines is 1. The van der Waals surface area contributed by atoms with Gasteiger partial charge in [0.05, 0.1) is 44.5 Å². The van der Waals surface area contributed by atoms with Crippen LogP contribution in [0, 0.1) is 11.8 Å². The summed E-state index contributed by atoms with van der Waals surface area (Å²) in [6, 6.07) is 7.03. The number of amides is 1. The highest BCUT2D eigenvalue weighted by molar-refractivity contribution is 6.07. The van der Waals surface area contributed by atoms with E-state index in [2.05, 4.69) is 10.3 Å². The topological polar surface area (TPSA) is 103 Å². The standard InChI is InChI=1S/C21H29N3O4/c1-15-13-19(23-14-15)16(2)21(26)17-5-3-4-6-18(17)24-20(25)7-9-27-11-12-28-10-8-22/h3-6,13-16H,7-12,22H2,1-2H3,(H,24,25). The molecule has 1 aromatic carbocycles. The van der Waals surface area contributed by atoms with Crippen LogP contribution in [0.3, 0.4) is 0 Å². The van der Waals surface area contributed by atoms with E-state index in [1.54, 1.807) is 24.3 Å². The summed E-state index contributed by atoms with van der Waals surface area (Å²) in [5.41, 5.74) is 7.08. The number of ketones is 1. The van der Waals surface area contributed by atoms with Gasteiger partial charge in [0.25, 0.3) is 0 Å². The van der Waals surface area contributed by atoms with Gasteiger partial charge in [-0.1, -0.05) is 25.1 Å². The summed E-state index contributed by atoms with van der Waals surface area (Å²) in [6.45, 7) is 5.97. The lowest BCUT2D eigenvalue weighted by molar-refractivity contribution is -0.117. The summed E-state index contributed by atoms with van der Waals surface area (Å²) in [4.78, 5) is 29.4. The number of aliphatic imine (C=N–C) groups is 1. The van der Waals surface area contributed by atoms with Crippen LogP contribution >= 0.6 is 0 Å². The van der Waals surface area contributed by atoms with Crippen LogP contribution in [0.25, 0.3) is 0 Å². The predicted molar refractivity (Wildman–Crippen MR) is 110 cm³/mol. The first-order valence-electron chi connectivity index (χ1n) is 9.57. The zero-order valence-corrected chi connectivity index (χ0v) is 16.5. The molecule has 7 nitrogen and oxygen atoms in total.